The smallest absolute Gasteiger partial charge is 0.0629 e. The van der Waals surface area contributed by atoms with E-state index < -0.39 is 121 Å². The first kappa shape index (κ1) is 29.9. The summed E-state index contributed by atoms with van der Waals surface area (Å²) in [5, 5.41) is 11.2. The highest BCUT2D eigenvalue weighted by atomic mass is 32.1. The van der Waals surface area contributed by atoms with E-state index in [-0.39, 0.29) is 44.5 Å². The minimum atomic E-state index is -0.582. The molecule has 0 radical (unpaired) electrons. The zero-order chi connectivity index (χ0) is 70.7. The maximum Gasteiger partial charge on any atom is 0.0629 e. The second kappa shape index (κ2) is 16.7. The molecule has 0 aliphatic heterocycles. The molecule has 82 heavy (non-hydrogen) atoms. The van der Waals surface area contributed by atoms with Gasteiger partial charge in [0.25, 0.3) is 0 Å². The molecule has 0 aliphatic rings. The summed E-state index contributed by atoms with van der Waals surface area (Å²) in [6.07, 6.45) is 0. The fourth-order valence-corrected chi connectivity index (χ4v) is 15.9. The zero-order valence-electron chi connectivity index (χ0n) is 62.6. The molecule has 6 aromatic heterocycles. The molecule has 0 unspecified atom stereocenters. The minimum absolute atomic E-state index is 0.120. The Morgan fingerprint density at radius 1 is 0.256 bits per heavy atom. The summed E-state index contributed by atoms with van der Waals surface area (Å²) >= 11 is 3.32. The molecular weight excluding hydrogens is 1030 g/mol. The number of aromatic nitrogens is 2. The molecule has 0 aliphatic carbocycles. The molecule has 0 bridgehead atoms. The van der Waals surface area contributed by atoms with Crippen LogP contribution in [0.3, 0.4) is 0 Å². The average molecular weight is 1090 g/mol. The van der Waals surface area contributed by atoms with Crippen molar-refractivity contribution in [2.24, 2.45) is 0 Å². The van der Waals surface area contributed by atoms with Gasteiger partial charge < -0.3 is 8.80 Å². The lowest BCUT2D eigenvalue weighted by Crippen LogP contribution is -1.91. The number of benzene rings is 13. The average Bonchev–Trinajstić information content (AvgIpc) is 1.50. The quantitative estimate of drug-likeness (QED) is 0.157. The maximum absolute atomic E-state index is 9.29. The lowest BCUT2D eigenvalue weighted by Gasteiger charge is -2.17. The molecule has 0 atom stereocenters. The third kappa shape index (κ3) is 6.07. The minimum Gasteiger partial charge on any atom is -0.308 e. The molecule has 0 saturated carbocycles. The molecule has 4 heteroatoms. The summed E-state index contributed by atoms with van der Waals surface area (Å²) in [5.74, 6) is 0. The predicted molar refractivity (Wildman–Crippen MR) is 354 cm³/mol. The van der Waals surface area contributed by atoms with E-state index in [2.05, 4.69) is 57.3 Å². The van der Waals surface area contributed by atoms with E-state index in [4.69, 9.17) is 16.4 Å². The van der Waals surface area contributed by atoms with Crippen molar-refractivity contribution in [2.45, 2.75) is 0 Å². The number of rotatable bonds is 6. The van der Waals surface area contributed by atoms with Gasteiger partial charge >= 0.3 is 0 Å². The Kier molecular flexibility index (Phi) is 6.11. The molecule has 0 fully saturated rings. The summed E-state index contributed by atoms with van der Waals surface area (Å²) < 4.78 is 188. The molecule has 19 rings (SSSR count). The molecule has 19 aromatic rings. The van der Waals surface area contributed by atoms with Crippen LogP contribution in [0.5, 0.6) is 0 Å². The van der Waals surface area contributed by atoms with Crippen LogP contribution >= 0.6 is 22.7 Å². The summed E-state index contributed by atoms with van der Waals surface area (Å²) in [6.45, 7) is 0. The van der Waals surface area contributed by atoms with E-state index in [0.717, 1.165) is 117 Å². The van der Waals surface area contributed by atoms with E-state index in [1.807, 2.05) is 60.7 Å². The van der Waals surface area contributed by atoms with Crippen LogP contribution in [0.2, 0.25) is 0 Å². The van der Waals surface area contributed by atoms with Crippen LogP contribution in [0.4, 0.5) is 0 Å². The molecule has 0 spiro atoms. The molecule has 0 saturated heterocycles. The van der Waals surface area contributed by atoms with E-state index in [1.165, 1.54) is 0 Å². The van der Waals surface area contributed by atoms with Crippen molar-refractivity contribution in [3.8, 4) is 66.8 Å². The fourth-order valence-electron chi connectivity index (χ4n) is 13.5. The Morgan fingerprint density at radius 2 is 0.622 bits per heavy atom. The topological polar surface area (TPSA) is 8.82 Å². The highest BCUT2D eigenvalue weighted by Gasteiger charge is 2.28. The van der Waals surface area contributed by atoms with Crippen molar-refractivity contribution in [3.63, 3.8) is 0 Å². The van der Waals surface area contributed by atoms with Crippen molar-refractivity contribution in [1.82, 2.24) is 8.80 Å². The van der Waals surface area contributed by atoms with Gasteiger partial charge in [0, 0.05) is 83.4 Å². The van der Waals surface area contributed by atoms with Crippen molar-refractivity contribution < 1.29 is 27.4 Å². The van der Waals surface area contributed by atoms with Gasteiger partial charge in [-0.1, -0.05) is 206 Å². The van der Waals surface area contributed by atoms with Gasteiger partial charge in [-0.3, -0.25) is 0 Å². The van der Waals surface area contributed by atoms with Gasteiger partial charge in [0.15, 0.2) is 0 Å². The number of hydrogen-bond donors (Lipinski definition) is 0. The number of fused-ring (bicyclic) bond motifs is 20. The number of thiophene rings is 2. The second-order valence-electron chi connectivity index (χ2n) is 20.7. The first-order valence-corrected chi connectivity index (χ1v) is 28.2. The molecule has 2 nitrogen and oxygen atoms in total. The van der Waals surface area contributed by atoms with Crippen molar-refractivity contribution in [1.29, 1.82) is 0 Å². The van der Waals surface area contributed by atoms with E-state index in [1.54, 1.807) is 59.1 Å². The summed E-state index contributed by atoms with van der Waals surface area (Å²) in [6, 6.07) is 36.4. The molecule has 378 valence electrons. The lowest BCUT2D eigenvalue weighted by atomic mass is 9.87. The fraction of sp³-hybridized carbons (Fsp3) is 0. The Balaban J connectivity index is 0.928. The highest BCUT2D eigenvalue weighted by Crippen LogP contribution is 2.54. The first-order chi connectivity index (χ1) is 49.0. The van der Waals surface area contributed by atoms with Crippen LogP contribution in [0.1, 0.15) is 27.4 Å². The first-order valence-electron chi connectivity index (χ1n) is 36.6. The van der Waals surface area contributed by atoms with E-state index >= 15 is 0 Å². The van der Waals surface area contributed by atoms with Gasteiger partial charge in [-0.2, -0.15) is 0 Å². The summed E-state index contributed by atoms with van der Waals surface area (Å²) in [7, 11) is 0. The Bertz CT molecular complexity index is 6430. The van der Waals surface area contributed by atoms with Gasteiger partial charge in [0.1, 0.15) is 0 Å². The monoisotopic (exact) mass is 1090 g/mol. The van der Waals surface area contributed by atoms with Crippen LogP contribution in [0.15, 0.2) is 266 Å². The SMILES string of the molecule is [2H]c1c([2H])c([2H])c(-c2cccc(-c3c([2H])c([2H])c([2H])c([2H])c3[2H])c2-c2ccc3c(c2)c2c4c(cc5c6cc7c(cc6n3c52)c2cc3sc5ccccc5c3c3c5cc(-c6c(-c8c([2H])c([2H])c([2H])c([2H])c8[2H])cccc6-c6c([2H])c([2H])c([2H])c([2H])c6[2H])ccc5n7c23)sc2ccccc24)c([2H])c1[2H]. The molecular formula is C78H44N2S2. The van der Waals surface area contributed by atoms with Crippen LogP contribution < -0.4 is 0 Å². The lowest BCUT2D eigenvalue weighted by molar-refractivity contribution is 1.36. The Labute approximate surface area is 506 Å². The van der Waals surface area contributed by atoms with E-state index in [0.29, 0.717) is 22.3 Å². The van der Waals surface area contributed by atoms with Crippen molar-refractivity contribution >= 4 is 139 Å². The van der Waals surface area contributed by atoms with Crippen LogP contribution in [0, 0.1) is 0 Å². The third-order valence-electron chi connectivity index (χ3n) is 16.7. The van der Waals surface area contributed by atoms with Crippen LogP contribution in [-0.4, -0.2) is 8.80 Å². The zero-order valence-corrected chi connectivity index (χ0v) is 44.2. The standard InChI is InChI=1S/C78H44N2S2/c1-5-19-45(20-6-1)51-29-17-30-52(46-21-7-2-8-22-46)71(51)49-35-37-63-61(39-49)75-73-55-27-13-15-33-67(55)81-69(73)43-59-57-42-66-58(41-65(57)79(63)77(59)75)60-44-70-74(56-28-14-16-34-68(56)82-70)76-62-40-50(36-38-64(62)80(66)78(60)76)72-53(47-23-9-3-10-24-47)31-18-32-54(72)48-25-11-4-12-26-48/h1-44H/i1D,2D,3D,4D,5D,6D,7D,8D,9D,10D,11D,12D,19D,20D,21D,22D,23D,24D,25D,26D. The number of nitrogens with zero attached hydrogens (tertiary/aromatic N) is 2. The molecule has 6 heterocycles. The maximum atomic E-state index is 9.29. The van der Waals surface area contributed by atoms with Gasteiger partial charge in [0.05, 0.1) is 60.5 Å². The number of hydrogen-bond acceptors (Lipinski definition) is 2. The van der Waals surface area contributed by atoms with Gasteiger partial charge in [-0.25, -0.2) is 0 Å². The third-order valence-corrected chi connectivity index (χ3v) is 18.9. The Hall–Kier alpha value is -10.1. The predicted octanol–water partition coefficient (Wildman–Crippen LogP) is 22.7. The highest BCUT2D eigenvalue weighted by molar-refractivity contribution is 7.26. The molecule has 0 N–H and O–H groups in total. The van der Waals surface area contributed by atoms with Gasteiger partial charge in [0.2, 0.25) is 0 Å². The van der Waals surface area contributed by atoms with Crippen molar-refractivity contribution in [2.75, 3.05) is 0 Å². The summed E-state index contributed by atoms with van der Waals surface area (Å²) in [4.78, 5) is 0. The normalized spacial score (nSPS) is 15.8. The van der Waals surface area contributed by atoms with Gasteiger partial charge in [-0.15, -0.1) is 22.7 Å². The van der Waals surface area contributed by atoms with E-state index in [9.17, 15) is 11.0 Å². The summed E-state index contributed by atoms with van der Waals surface area (Å²) in [5.41, 5.74) is 7.15. The molecule has 0 amide bonds. The van der Waals surface area contributed by atoms with Gasteiger partial charge in [-0.05, 0) is 127 Å². The van der Waals surface area contributed by atoms with Crippen LogP contribution in [0.25, 0.3) is 183 Å². The van der Waals surface area contributed by atoms with Crippen molar-refractivity contribution in [3.05, 3.63) is 266 Å². The largest absolute Gasteiger partial charge is 0.308 e. The second-order valence-corrected chi connectivity index (χ2v) is 22.9. The Morgan fingerprint density at radius 3 is 1.00 bits per heavy atom. The van der Waals surface area contributed by atoms with Crippen LogP contribution in [-0.2, 0) is 0 Å². The molecule has 13 aromatic carbocycles.